The Balaban J connectivity index is 2.40. The highest BCUT2D eigenvalue weighted by Gasteiger charge is 2.29. The van der Waals surface area contributed by atoms with E-state index in [4.69, 9.17) is 10.8 Å². The van der Waals surface area contributed by atoms with E-state index in [1.807, 2.05) is 6.92 Å². The van der Waals surface area contributed by atoms with Crippen LogP contribution >= 0.6 is 0 Å². The zero-order valence-electron chi connectivity index (χ0n) is 11.1. The third-order valence-corrected chi connectivity index (χ3v) is 3.61. The van der Waals surface area contributed by atoms with Crippen molar-refractivity contribution in [1.82, 2.24) is 9.78 Å². The first-order chi connectivity index (χ1) is 9.02. The number of aliphatic carboxylic acids is 1. The number of fused-ring (bicyclic) bond motifs is 1. The second-order valence-electron chi connectivity index (χ2n) is 4.97. The van der Waals surface area contributed by atoms with Crippen molar-refractivity contribution in [1.29, 1.82) is 0 Å². The molecule has 0 saturated heterocycles. The molecule has 0 aliphatic heterocycles. The van der Waals surface area contributed by atoms with Crippen LogP contribution in [0.4, 0.5) is 0 Å². The highest BCUT2D eigenvalue weighted by molar-refractivity contribution is 5.73. The van der Waals surface area contributed by atoms with Gasteiger partial charge in [0.15, 0.2) is 0 Å². The molecule has 1 heterocycles. The van der Waals surface area contributed by atoms with Gasteiger partial charge in [0.25, 0.3) is 0 Å². The van der Waals surface area contributed by atoms with Gasteiger partial charge in [-0.05, 0) is 31.6 Å². The molecule has 1 aliphatic carbocycles. The fourth-order valence-corrected chi connectivity index (χ4v) is 2.92. The molecule has 1 aromatic heterocycles. The molecule has 0 fully saturated rings. The molecule has 1 atom stereocenters. The minimum absolute atomic E-state index is 0.0119. The number of nitrogens with two attached hydrogens (primary N) is 1. The topological polar surface area (TPSA) is 98.2 Å². The van der Waals surface area contributed by atoms with Crippen molar-refractivity contribution in [3.63, 3.8) is 0 Å². The summed E-state index contributed by atoms with van der Waals surface area (Å²) in [6.45, 7) is 2.06. The number of primary amides is 1. The minimum atomic E-state index is -0.789. The molecular weight excluding hydrogens is 246 g/mol. The summed E-state index contributed by atoms with van der Waals surface area (Å²) in [7, 11) is 0. The van der Waals surface area contributed by atoms with E-state index in [-0.39, 0.29) is 18.9 Å². The van der Waals surface area contributed by atoms with Gasteiger partial charge in [-0.2, -0.15) is 5.10 Å². The lowest BCUT2D eigenvalue weighted by molar-refractivity contribution is -0.137. The Morgan fingerprint density at radius 1 is 1.53 bits per heavy atom. The van der Waals surface area contributed by atoms with Gasteiger partial charge in [-0.3, -0.25) is 14.3 Å². The van der Waals surface area contributed by atoms with Crippen LogP contribution < -0.4 is 5.73 Å². The van der Waals surface area contributed by atoms with Crippen LogP contribution in [0.3, 0.4) is 0 Å². The molecule has 6 nitrogen and oxygen atoms in total. The van der Waals surface area contributed by atoms with E-state index >= 15 is 0 Å². The second kappa shape index (κ2) is 5.42. The van der Waals surface area contributed by atoms with Crippen LogP contribution in [0.15, 0.2) is 0 Å². The predicted octanol–water partition coefficient (Wildman–Crippen LogP) is 0.825. The molecule has 1 aromatic rings. The highest BCUT2D eigenvalue weighted by atomic mass is 16.4. The number of rotatable bonds is 5. The summed E-state index contributed by atoms with van der Waals surface area (Å²) < 4.78 is 1.66. The number of amides is 1. The molecule has 1 amide bonds. The second-order valence-corrected chi connectivity index (χ2v) is 4.97. The summed E-state index contributed by atoms with van der Waals surface area (Å²) in [6.07, 6.45) is 3.51. The lowest BCUT2D eigenvalue weighted by Crippen LogP contribution is -2.22. The van der Waals surface area contributed by atoms with Crippen LogP contribution in [0.5, 0.6) is 0 Å². The van der Waals surface area contributed by atoms with E-state index in [0.29, 0.717) is 0 Å². The van der Waals surface area contributed by atoms with Crippen molar-refractivity contribution in [2.45, 2.75) is 51.5 Å². The average molecular weight is 265 g/mol. The van der Waals surface area contributed by atoms with Crippen LogP contribution in [-0.4, -0.2) is 26.8 Å². The van der Waals surface area contributed by atoms with Crippen molar-refractivity contribution in [2.24, 2.45) is 5.73 Å². The van der Waals surface area contributed by atoms with Crippen LogP contribution in [0.1, 0.15) is 49.1 Å². The number of aromatic nitrogens is 2. The van der Waals surface area contributed by atoms with E-state index in [1.54, 1.807) is 4.68 Å². The molecule has 0 aromatic carbocycles. The maximum absolute atomic E-state index is 11.1. The summed E-state index contributed by atoms with van der Waals surface area (Å²) in [6, 6.07) is 0. The first-order valence-electron chi connectivity index (χ1n) is 6.61. The van der Waals surface area contributed by atoms with E-state index < -0.39 is 11.9 Å². The molecule has 3 N–H and O–H groups in total. The fourth-order valence-electron chi connectivity index (χ4n) is 2.92. The number of nitrogens with zero attached hydrogens (tertiary/aromatic N) is 2. The quantitative estimate of drug-likeness (QED) is 0.823. The highest BCUT2D eigenvalue weighted by Crippen LogP contribution is 2.36. The lowest BCUT2D eigenvalue weighted by atomic mass is 9.82. The van der Waals surface area contributed by atoms with Gasteiger partial charge in [0.05, 0.1) is 12.1 Å². The van der Waals surface area contributed by atoms with Crippen molar-refractivity contribution >= 4 is 11.9 Å². The molecule has 19 heavy (non-hydrogen) atoms. The summed E-state index contributed by atoms with van der Waals surface area (Å²) >= 11 is 0. The first kappa shape index (κ1) is 13.6. The molecule has 0 radical (unpaired) electrons. The van der Waals surface area contributed by atoms with Gasteiger partial charge in [-0.15, -0.1) is 0 Å². The van der Waals surface area contributed by atoms with Crippen molar-refractivity contribution in [3.05, 3.63) is 17.0 Å². The minimum Gasteiger partial charge on any atom is -0.481 e. The first-order valence-corrected chi connectivity index (χ1v) is 6.61. The molecule has 1 aliphatic rings. The van der Waals surface area contributed by atoms with Gasteiger partial charge in [0, 0.05) is 11.3 Å². The molecule has 104 valence electrons. The monoisotopic (exact) mass is 265 g/mol. The number of carbonyl (C=O) groups excluding carboxylic acids is 1. The Bertz CT molecular complexity index is 507. The number of hydrogen-bond donors (Lipinski definition) is 2. The molecule has 1 unspecified atom stereocenters. The number of aryl methyl sites for hydroxylation is 1. The fraction of sp³-hybridized carbons (Fsp3) is 0.615. The molecule has 0 spiro atoms. The smallest absolute Gasteiger partial charge is 0.303 e. The number of hydrogen-bond acceptors (Lipinski definition) is 3. The van der Waals surface area contributed by atoms with E-state index in [1.165, 1.54) is 0 Å². The zero-order chi connectivity index (χ0) is 14.0. The Morgan fingerprint density at radius 3 is 2.84 bits per heavy atom. The Morgan fingerprint density at radius 2 is 2.26 bits per heavy atom. The predicted molar refractivity (Wildman–Crippen MR) is 68.7 cm³/mol. The largest absolute Gasteiger partial charge is 0.481 e. The SMILES string of the molecule is CCc1nn(CC(N)=O)c2c1C(CC(=O)O)CCC2. The zero-order valence-corrected chi connectivity index (χ0v) is 11.1. The summed E-state index contributed by atoms with van der Waals surface area (Å²) in [5, 5.41) is 13.4. The van der Waals surface area contributed by atoms with E-state index in [9.17, 15) is 9.59 Å². The lowest BCUT2D eigenvalue weighted by Gasteiger charge is -2.22. The van der Waals surface area contributed by atoms with E-state index in [0.717, 1.165) is 42.6 Å². The van der Waals surface area contributed by atoms with Gasteiger partial charge in [-0.25, -0.2) is 0 Å². The van der Waals surface area contributed by atoms with Crippen molar-refractivity contribution in [3.8, 4) is 0 Å². The number of carboxylic acids is 1. The van der Waals surface area contributed by atoms with Crippen LogP contribution in [0.2, 0.25) is 0 Å². The van der Waals surface area contributed by atoms with Crippen molar-refractivity contribution < 1.29 is 14.7 Å². The molecular formula is C13H19N3O3. The van der Waals surface area contributed by atoms with Gasteiger partial charge in [0.1, 0.15) is 6.54 Å². The van der Waals surface area contributed by atoms with Gasteiger partial charge in [-0.1, -0.05) is 6.92 Å². The maximum Gasteiger partial charge on any atom is 0.303 e. The van der Waals surface area contributed by atoms with Crippen LogP contribution in [0.25, 0.3) is 0 Å². The molecule has 0 saturated carbocycles. The Labute approximate surface area is 111 Å². The molecule has 0 bridgehead atoms. The maximum atomic E-state index is 11.1. The van der Waals surface area contributed by atoms with Gasteiger partial charge >= 0.3 is 5.97 Å². The van der Waals surface area contributed by atoms with Gasteiger partial charge in [0.2, 0.25) is 5.91 Å². The Kier molecular flexibility index (Phi) is 3.87. The third-order valence-electron chi connectivity index (χ3n) is 3.61. The average Bonchev–Trinajstić information content (AvgIpc) is 2.67. The summed E-state index contributed by atoms with van der Waals surface area (Å²) in [5.41, 5.74) is 8.17. The summed E-state index contributed by atoms with van der Waals surface area (Å²) in [4.78, 5) is 22.0. The van der Waals surface area contributed by atoms with Crippen molar-refractivity contribution in [2.75, 3.05) is 0 Å². The molecule has 2 rings (SSSR count). The third kappa shape index (κ3) is 2.77. The van der Waals surface area contributed by atoms with Crippen LogP contribution in [0, 0.1) is 0 Å². The Hall–Kier alpha value is -1.85. The number of carboxylic acid groups (broad SMARTS) is 1. The molecule has 6 heteroatoms. The summed E-state index contributed by atoms with van der Waals surface area (Å²) in [5.74, 6) is -1.20. The van der Waals surface area contributed by atoms with Gasteiger partial charge < -0.3 is 10.8 Å². The normalized spacial score (nSPS) is 18.1. The van der Waals surface area contributed by atoms with E-state index in [2.05, 4.69) is 5.10 Å². The number of carbonyl (C=O) groups is 2. The van der Waals surface area contributed by atoms with Crippen LogP contribution in [-0.2, 0) is 29.0 Å². The standard InChI is InChI=1S/C13H19N3O3/c1-2-9-13-8(6-12(18)19)4-3-5-10(13)16(15-9)7-11(14)17/h8H,2-7H2,1H3,(H2,14,17)(H,18,19).